The van der Waals surface area contributed by atoms with Crippen molar-refractivity contribution in [1.29, 1.82) is 0 Å². The van der Waals surface area contributed by atoms with Crippen LogP contribution in [0.2, 0.25) is 0 Å². The van der Waals surface area contributed by atoms with Gasteiger partial charge < -0.3 is 15.2 Å². The van der Waals surface area contributed by atoms with Crippen molar-refractivity contribution < 1.29 is 4.79 Å². The molecule has 0 aliphatic heterocycles. The van der Waals surface area contributed by atoms with E-state index in [9.17, 15) is 4.79 Å². The van der Waals surface area contributed by atoms with Crippen molar-refractivity contribution in [1.82, 2.24) is 9.88 Å². The van der Waals surface area contributed by atoms with Crippen molar-refractivity contribution in [2.24, 2.45) is 0 Å². The summed E-state index contributed by atoms with van der Waals surface area (Å²) in [6.45, 7) is 5.58. The minimum absolute atomic E-state index is 0.195. The maximum Gasteiger partial charge on any atom is 0.319 e. The summed E-state index contributed by atoms with van der Waals surface area (Å²) < 4.78 is 2.16. The van der Waals surface area contributed by atoms with Crippen molar-refractivity contribution in [2.45, 2.75) is 26.9 Å². The maximum absolute atomic E-state index is 12.1. The zero-order valence-corrected chi connectivity index (χ0v) is 13.5. The van der Waals surface area contributed by atoms with Crippen LogP contribution in [-0.2, 0) is 13.1 Å². The monoisotopic (exact) mass is 307 g/mol. The topological polar surface area (TPSA) is 46.1 Å². The summed E-state index contributed by atoms with van der Waals surface area (Å²) in [5.41, 5.74) is 4.22. The molecule has 0 aliphatic rings. The van der Waals surface area contributed by atoms with E-state index in [0.29, 0.717) is 6.54 Å². The summed E-state index contributed by atoms with van der Waals surface area (Å²) in [6, 6.07) is 16.0. The number of nitrogens with zero attached hydrogens (tertiary/aromatic N) is 1. The van der Waals surface area contributed by atoms with Gasteiger partial charge in [-0.1, -0.05) is 35.9 Å². The van der Waals surface area contributed by atoms with Crippen LogP contribution in [0.3, 0.4) is 0 Å². The third kappa shape index (κ3) is 3.54. The number of carbonyl (C=O) groups excluding carboxylic acids is 1. The largest absolute Gasteiger partial charge is 0.348 e. The van der Waals surface area contributed by atoms with Gasteiger partial charge in [-0.2, -0.15) is 0 Å². The molecule has 3 aromatic rings. The Bertz CT molecular complexity index is 818. The number of anilines is 1. The summed E-state index contributed by atoms with van der Waals surface area (Å²) in [7, 11) is 0. The smallest absolute Gasteiger partial charge is 0.319 e. The number of benzene rings is 2. The fourth-order valence-corrected chi connectivity index (χ4v) is 2.60. The first-order valence-electron chi connectivity index (χ1n) is 7.85. The maximum atomic E-state index is 12.1. The molecule has 0 fully saturated rings. The highest BCUT2D eigenvalue weighted by atomic mass is 16.2. The first-order chi connectivity index (χ1) is 11.2. The van der Waals surface area contributed by atoms with E-state index in [2.05, 4.69) is 34.4 Å². The van der Waals surface area contributed by atoms with Crippen molar-refractivity contribution in [3.05, 3.63) is 65.9 Å². The van der Waals surface area contributed by atoms with Gasteiger partial charge in [-0.25, -0.2) is 4.79 Å². The molecule has 2 aromatic carbocycles. The number of nitrogens with one attached hydrogen (secondary N) is 2. The lowest BCUT2D eigenvalue weighted by Gasteiger charge is -2.09. The molecule has 3 rings (SSSR count). The minimum Gasteiger partial charge on any atom is -0.348 e. The SMILES string of the molecule is CCn1ccc2ccc(NC(=O)NCc3ccc(C)cc3)cc21. The molecule has 0 spiro atoms. The van der Waals surface area contributed by atoms with Crippen LogP contribution in [0.4, 0.5) is 10.5 Å². The van der Waals surface area contributed by atoms with Gasteiger partial charge >= 0.3 is 6.03 Å². The van der Waals surface area contributed by atoms with Gasteiger partial charge in [-0.15, -0.1) is 0 Å². The van der Waals surface area contributed by atoms with Gasteiger partial charge in [-0.05, 0) is 43.0 Å². The van der Waals surface area contributed by atoms with E-state index in [1.165, 1.54) is 10.9 Å². The third-order valence-electron chi connectivity index (χ3n) is 3.95. The van der Waals surface area contributed by atoms with Crippen LogP contribution >= 0.6 is 0 Å². The molecule has 2 N–H and O–H groups in total. The van der Waals surface area contributed by atoms with Gasteiger partial charge in [0.25, 0.3) is 0 Å². The zero-order chi connectivity index (χ0) is 16.2. The Hall–Kier alpha value is -2.75. The minimum atomic E-state index is -0.195. The van der Waals surface area contributed by atoms with Gasteiger partial charge in [0.1, 0.15) is 0 Å². The highest BCUT2D eigenvalue weighted by molar-refractivity contribution is 5.92. The second kappa shape index (κ2) is 6.57. The lowest BCUT2D eigenvalue weighted by atomic mass is 10.1. The number of aromatic nitrogens is 1. The van der Waals surface area contributed by atoms with Crippen molar-refractivity contribution in [3.8, 4) is 0 Å². The summed E-state index contributed by atoms with van der Waals surface area (Å²) >= 11 is 0. The predicted molar refractivity (Wildman–Crippen MR) is 94.6 cm³/mol. The predicted octanol–water partition coefficient (Wildman–Crippen LogP) is 4.29. The highest BCUT2D eigenvalue weighted by Gasteiger charge is 2.05. The molecular formula is C19H21N3O. The molecule has 0 unspecified atom stereocenters. The zero-order valence-electron chi connectivity index (χ0n) is 13.5. The normalized spacial score (nSPS) is 10.7. The van der Waals surface area contributed by atoms with Crippen LogP contribution in [0.1, 0.15) is 18.1 Å². The van der Waals surface area contributed by atoms with E-state index in [0.717, 1.165) is 23.3 Å². The first kappa shape index (κ1) is 15.2. The van der Waals surface area contributed by atoms with E-state index in [1.54, 1.807) is 0 Å². The fraction of sp³-hybridized carbons (Fsp3) is 0.211. The molecule has 0 atom stereocenters. The summed E-state index contributed by atoms with van der Waals surface area (Å²) in [4.78, 5) is 12.1. The Balaban J connectivity index is 1.64. The second-order valence-corrected chi connectivity index (χ2v) is 5.67. The summed E-state index contributed by atoms with van der Waals surface area (Å²) in [6.07, 6.45) is 2.06. The molecule has 0 radical (unpaired) electrons. The fourth-order valence-electron chi connectivity index (χ4n) is 2.60. The lowest BCUT2D eigenvalue weighted by Crippen LogP contribution is -2.28. The molecule has 4 heteroatoms. The Morgan fingerprint density at radius 3 is 2.61 bits per heavy atom. The van der Waals surface area contributed by atoms with Gasteiger partial charge in [0.05, 0.1) is 5.52 Å². The highest BCUT2D eigenvalue weighted by Crippen LogP contribution is 2.20. The molecule has 0 bridgehead atoms. The number of amides is 2. The molecule has 0 aliphatic carbocycles. The number of carbonyl (C=O) groups is 1. The summed E-state index contributed by atoms with van der Waals surface area (Å²) in [5.74, 6) is 0. The number of fused-ring (bicyclic) bond motifs is 1. The van der Waals surface area contributed by atoms with E-state index in [1.807, 2.05) is 49.4 Å². The lowest BCUT2D eigenvalue weighted by molar-refractivity contribution is 0.251. The van der Waals surface area contributed by atoms with Gasteiger partial charge in [0.2, 0.25) is 0 Å². The molecule has 0 saturated carbocycles. The van der Waals surface area contributed by atoms with Crippen LogP contribution in [-0.4, -0.2) is 10.6 Å². The molecule has 4 nitrogen and oxygen atoms in total. The molecule has 118 valence electrons. The Labute approximate surface area is 136 Å². The number of hydrogen-bond donors (Lipinski definition) is 2. The van der Waals surface area contributed by atoms with E-state index in [4.69, 9.17) is 0 Å². The van der Waals surface area contributed by atoms with Gasteiger partial charge in [0.15, 0.2) is 0 Å². The Kier molecular flexibility index (Phi) is 4.33. The Morgan fingerprint density at radius 2 is 1.87 bits per heavy atom. The molecule has 2 amide bonds. The van der Waals surface area contributed by atoms with Crippen LogP contribution in [0.5, 0.6) is 0 Å². The quantitative estimate of drug-likeness (QED) is 0.742. The van der Waals surface area contributed by atoms with Gasteiger partial charge in [0, 0.05) is 25.0 Å². The Morgan fingerprint density at radius 1 is 1.09 bits per heavy atom. The van der Waals surface area contributed by atoms with Crippen LogP contribution in [0, 0.1) is 6.92 Å². The molecule has 23 heavy (non-hydrogen) atoms. The van der Waals surface area contributed by atoms with E-state index < -0.39 is 0 Å². The van der Waals surface area contributed by atoms with Crippen molar-refractivity contribution in [3.63, 3.8) is 0 Å². The van der Waals surface area contributed by atoms with Crippen LogP contribution < -0.4 is 10.6 Å². The van der Waals surface area contributed by atoms with Gasteiger partial charge in [-0.3, -0.25) is 0 Å². The number of urea groups is 1. The standard InChI is InChI=1S/C19H21N3O/c1-3-22-11-10-16-8-9-17(12-18(16)22)21-19(23)20-13-15-6-4-14(2)5-7-15/h4-12H,3,13H2,1-2H3,(H2,20,21,23). The molecular weight excluding hydrogens is 286 g/mol. The molecule has 0 saturated heterocycles. The van der Waals surface area contributed by atoms with Crippen LogP contribution in [0.25, 0.3) is 10.9 Å². The second-order valence-electron chi connectivity index (χ2n) is 5.67. The number of rotatable bonds is 4. The number of hydrogen-bond acceptors (Lipinski definition) is 1. The van der Waals surface area contributed by atoms with E-state index in [-0.39, 0.29) is 6.03 Å². The molecule has 1 aromatic heterocycles. The summed E-state index contributed by atoms with van der Waals surface area (Å²) in [5, 5.41) is 6.95. The van der Waals surface area contributed by atoms with Crippen LogP contribution in [0.15, 0.2) is 54.7 Å². The number of aryl methyl sites for hydroxylation is 2. The van der Waals surface area contributed by atoms with Crippen molar-refractivity contribution in [2.75, 3.05) is 5.32 Å². The average molecular weight is 307 g/mol. The molecule has 1 heterocycles. The average Bonchev–Trinajstić information content (AvgIpc) is 2.96. The van der Waals surface area contributed by atoms with E-state index >= 15 is 0 Å². The third-order valence-corrected chi connectivity index (χ3v) is 3.95. The van der Waals surface area contributed by atoms with Crippen molar-refractivity contribution >= 4 is 22.6 Å². The first-order valence-corrected chi connectivity index (χ1v) is 7.85.